The maximum atomic E-state index is 5.90. The number of rotatable bonds is 5. The number of nitrogens with zero attached hydrogens (tertiary/aromatic N) is 3. The molecule has 0 fully saturated rings. The molecule has 0 saturated heterocycles. The average Bonchev–Trinajstić information content (AvgIpc) is 2.24. The van der Waals surface area contributed by atoms with Crippen molar-refractivity contribution in [1.29, 1.82) is 0 Å². The first-order valence-corrected chi connectivity index (χ1v) is 5.37. The van der Waals surface area contributed by atoms with Crippen molar-refractivity contribution in [2.75, 3.05) is 25.1 Å². The Balaban J connectivity index is 2.84. The largest absolute Gasteiger partial charge is 0.374 e. The summed E-state index contributed by atoms with van der Waals surface area (Å²) in [5, 5.41) is 0.454. The number of aromatic nitrogens is 2. The van der Waals surface area contributed by atoms with E-state index in [0.29, 0.717) is 24.2 Å². The molecule has 0 spiro atoms. The fraction of sp³-hybridized carbons (Fsp3) is 0.600. The third-order valence-electron chi connectivity index (χ3n) is 2.03. The summed E-state index contributed by atoms with van der Waals surface area (Å²) >= 11 is 5.90. The highest BCUT2D eigenvalue weighted by molar-refractivity contribution is 6.29. The van der Waals surface area contributed by atoms with Crippen LogP contribution in [-0.2, 0) is 11.3 Å². The topological polar surface area (TPSA) is 38.2 Å². The van der Waals surface area contributed by atoms with Crippen LogP contribution < -0.4 is 4.90 Å². The van der Waals surface area contributed by atoms with E-state index in [9.17, 15) is 0 Å². The Labute approximate surface area is 95.2 Å². The van der Waals surface area contributed by atoms with Crippen LogP contribution in [0.3, 0.4) is 0 Å². The first kappa shape index (κ1) is 12.2. The van der Waals surface area contributed by atoms with Crippen molar-refractivity contribution in [3.05, 3.63) is 17.0 Å². The van der Waals surface area contributed by atoms with Gasteiger partial charge in [-0.25, -0.2) is 9.97 Å². The van der Waals surface area contributed by atoms with Crippen molar-refractivity contribution in [1.82, 2.24) is 9.97 Å². The molecule has 1 rings (SSSR count). The lowest BCUT2D eigenvalue weighted by atomic mass is 10.5. The normalized spacial score (nSPS) is 10.4. The molecular weight excluding hydrogens is 214 g/mol. The maximum Gasteiger partial charge on any atom is 0.158 e. The van der Waals surface area contributed by atoms with Crippen LogP contribution in [-0.4, -0.2) is 30.2 Å². The molecule has 0 aliphatic rings. The van der Waals surface area contributed by atoms with Gasteiger partial charge in [0.15, 0.2) is 5.82 Å². The fourth-order valence-corrected chi connectivity index (χ4v) is 1.26. The molecule has 0 amide bonds. The highest BCUT2D eigenvalue weighted by Crippen LogP contribution is 2.15. The number of hydrogen-bond donors (Lipinski definition) is 0. The molecule has 4 nitrogen and oxygen atoms in total. The third kappa shape index (κ3) is 3.64. The highest BCUT2D eigenvalue weighted by atomic mass is 35.5. The summed E-state index contributed by atoms with van der Waals surface area (Å²) in [5.74, 6) is 1.45. The molecule has 0 N–H and O–H groups in total. The summed E-state index contributed by atoms with van der Waals surface area (Å²) in [6, 6.07) is 1.75. The van der Waals surface area contributed by atoms with E-state index >= 15 is 0 Å². The molecular formula is C10H16ClN3O. The summed E-state index contributed by atoms with van der Waals surface area (Å²) in [6.07, 6.45) is 0. The second-order valence-electron chi connectivity index (χ2n) is 3.12. The second kappa shape index (κ2) is 5.88. The van der Waals surface area contributed by atoms with Gasteiger partial charge in [0, 0.05) is 26.3 Å². The summed E-state index contributed by atoms with van der Waals surface area (Å²) in [6.45, 7) is 5.92. The maximum absolute atomic E-state index is 5.90. The molecule has 84 valence electrons. The molecule has 0 radical (unpaired) electrons. The van der Waals surface area contributed by atoms with E-state index in [-0.39, 0.29) is 0 Å². The van der Waals surface area contributed by atoms with E-state index in [4.69, 9.17) is 16.3 Å². The Bertz CT molecular complexity index is 320. The van der Waals surface area contributed by atoms with E-state index in [1.54, 1.807) is 6.07 Å². The monoisotopic (exact) mass is 229 g/mol. The van der Waals surface area contributed by atoms with Gasteiger partial charge in [-0.1, -0.05) is 11.6 Å². The fourth-order valence-electron chi connectivity index (χ4n) is 1.07. The van der Waals surface area contributed by atoms with Crippen LogP contribution in [0.1, 0.15) is 19.7 Å². The van der Waals surface area contributed by atoms with Crippen LogP contribution in [0.2, 0.25) is 5.15 Å². The Morgan fingerprint density at radius 3 is 2.73 bits per heavy atom. The van der Waals surface area contributed by atoms with Gasteiger partial charge in [-0.3, -0.25) is 0 Å². The van der Waals surface area contributed by atoms with E-state index in [1.807, 2.05) is 18.9 Å². The molecule has 0 aromatic carbocycles. The van der Waals surface area contributed by atoms with Crippen molar-refractivity contribution in [3.63, 3.8) is 0 Å². The van der Waals surface area contributed by atoms with E-state index in [2.05, 4.69) is 16.9 Å². The van der Waals surface area contributed by atoms with Gasteiger partial charge in [0.2, 0.25) is 0 Å². The van der Waals surface area contributed by atoms with Gasteiger partial charge in [-0.05, 0) is 13.8 Å². The van der Waals surface area contributed by atoms with Gasteiger partial charge in [0.05, 0.1) is 0 Å². The molecule has 0 aliphatic carbocycles. The predicted molar refractivity (Wildman–Crippen MR) is 61.3 cm³/mol. The van der Waals surface area contributed by atoms with Gasteiger partial charge >= 0.3 is 0 Å². The first-order chi connectivity index (χ1) is 7.17. The lowest BCUT2D eigenvalue weighted by Crippen LogP contribution is -2.18. The number of hydrogen-bond acceptors (Lipinski definition) is 4. The number of halogens is 1. The van der Waals surface area contributed by atoms with E-state index in [0.717, 1.165) is 12.4 Å². The van der Waals surface area contributed by atoms with Crippen LogP contribution >= 0.6 is 11.6 Å². The summed E-state index contributed by atoms with van der Waals surface area (Å²) in [7, 11) is 1.96. The van der Waals surface area contributed by atoms with E-state index in [1.165, 1.54) is 0 Å². The van der Waals surface area contributed by atoms with E-state index < -0.39 is 0 Å². The van der Waals surface area contributed by atoms with Crippen molar-refractivity contribution in [2.45, 2.75) is 20.5 Å². The number of ether oxygens (including phenoxy) is 1. The van der Waals surface area contributed by atoms with Gasteiger partial charge in [-0.15, -0.1) is 0 Å². The average molecular weight is 230 g/mol. The summed E-state index contributed by atoms with van der Waals surface area (Å²) in [5.41, 5.74) is 0. The van der Waals surface area contributed by atoms with Gasteiger partial charge < -0.3 is 9.64 Å². The molecule has 0 atom stereocenters. The van der Waals surface area contributed by atoms with Crippen molar-refractivity contribution in [2.24, 2.45) is 0 Å². The minimum absolute atomic E-state index is 0.404. The molecule has 0 bridgehead atoms. The van der Waals surface area contributed by atoms with Crippen molar-refractivity contribution in [3.8, 4) is 0 Å². The van der Waals surface area contributed by atoms with Crippen LogP contribution in [0.4, 0.5) is 5.82 Å². The van der Waals surface area contributed by atoms with Crippen molar-refractivity contribution >= 4 is 17.4 Å². The quantitative estimate of drug-likeness (QED) is 0.725. The molecule has 0 unspecified atom stereocenters. The molecule has 5 heteroatoms. The zero-order valence-corrected chi connectivity index (χ0v) is 10.1. The minimum atomic E-state index is 0.404. The Morgan fingerprint density at radius 2 is 2.13 bits per heavy atom. The van der Waals surface area contributed by atoms with Crippen molar-refractivity contribution < 1.29 is 4.74 Å². The molecule has 0 aliphatic heterocycles. The van der Waals surface area contributed by atoms with Crippen LogP contribution in [0, 0.1) is 0 Å². The summed E-state index contributed by atoms with van der Waals surface area (Å²) < 4.78 is 5.24. The lowest BCUT2D eigenvalue weighted by molar-refractivity contribution is 0.128. The van der Waals surface area contributed by atoms with Gasteiger partial charge in [0.25, 0.3) is 0 Å². The molecule has 15 heavy (non-hydrogen) atoms. The highest BCUT2D eigenvalue weighted by Gasteiger charge is 2.06. The zero-order chi connectivity index (χ0) is 11.3. The standard InChI is InChI=1S/C10H16ClN3O/c1-4-14(3)10-6-8(11)12-9(13-10)7-15-5-2/h6H,4-5,7H2,1-3H3. The first-order valence-electron chi connectivity index (χ1n) is 4.99. The SMILES string of the molecule is CCOCc1nc(Cl)cc(N(C)CC)n1. The molecule has 1 aromatic rings. The van der Waals surface area contributed by atoms with Gasteiger partial charge in [0.1, 0.15) is 17.6 Å². The Kier molecular flexibility index (Phi) is 4.78. The number of anilines is 1. The zero-order valence-electron chi connectivity index (χ0n) is 9.33. The van der Waals surface area contributed by atoms with Crippen LogP contribution in [0.5, 0.6) is 0 Å². The van der Waals surface area contributed by atoms with Crippen LogP contribution in [0.15, 0.2) is 6.07 Å². The smallest absolute Gasteiger partial charge is 0.158 e. The second-order valence-corrected chi connectivity index (χ2v) is 3.50. The Hall–Kier alpha value is -0.870. The predicted octanol–water partition coefficient (Wildman–Crippen LogP) is 2.12. The molecule has 0 saturated carbocycles. The minimum Gasteiger partial charge on any atom is -0.374 e. The molecule has 1 aromatic heterocycles. The van der Waals surface area contributed by atoms with Crippen LogP contribution in [0.25, 0.3) is 0 Å². The lowest BCUT2D eigenvalue weighted by Gasteiger charge is -2.16. The molecule has 1 heterocycles. The summed E-state index contributed by atoms with van der Waals surface area (Å²) in [4.78, 5) is 10.4. The third-order valence-corrected chi connectivity index (χ3v) is 2.22. The van der Waals surface area contributed by atoms with Gasteiger partial charge in [-0.2, -0.15) is 0 Å². The Morgan fingerprint density at radius 1 is 1.40 bits per heavy atom.